The first-order chi connectivity index (χ1) is 11.2. The number of nitrogens with one attached hydrogen (secondary N) is 2. The third-order valence-corrected chi connectivity index (χ3v) is 3.95. The summed E-state index contributed by atoms with van der Waals surface area (Å²) >= 11 is 1.65. The molecule has 0 spiro atoms. The summed E-state index contributed by atoms with van der Waals surface area (Å²) in [4.78, 5) is 24.7. The highest BCUT2D eigenvalue weighted by atomic mass is 32.2. The van der Waals surface area contributed by atoms with Crippen LogP contribution in [0.3, 0.4) is 0 Å². The van der Waals surface area contributed by atoms with E-state index in [1.165, 1.54) is 0 Å². The molecular formula is C18H20N2O2S. The number of carbonyl (C=O) groups excluding carboxylic acids is 2. The number of hydrogen-bond donors (Lipinski definition) is 2. The first-order valence-electron chi connectivity index (χ1n) is 7.41. The topological polar surface area (TPSA) is 58.2 Å². The molecule has 1 atom stereocenters. The van der Waals surface area contributed by atoms with Crippen molar-refractivity contribution in [3.8, 4) is 0 Å². The van der Waals surface area contributed by atoms with Crippen LogP contribution in [0, 0.1) is 0 Å². The first kappa shape index (κ1) is 17.1. The Hall–Kier alpha value is -2.27. The second kappa shape index (κ2) is 9.00. The quantitative estimate of drug-likeness (QED) is 0.821. The highest BCUT2D eigenvalue weighted by Gasteiger charge is 2.21. The van der Waals surface area contributed by atoms with Crippen LogP contribution in [0.1, 0.15) is 16.8 Å². The van der Waals surface area contributed by atoms with Gasteiger partial charge in [0.1, 0.15) is 6.04 Å². The molecule has 4 nitrogen and oxygen atoms in total. The molecular weight excluding hydrogens is 308 g/mol. The first-order valence-corrected chi connectivity index (χ1v) is 8.81. The minimum atomic E-state index is -0.560. The molecule has 0 saturated carbocycles. The molecule has 0 aliphatic carbocycles. The third-order valence-electron chi connectivity index (χ3n) is 3.31. The molecule has 5 heteroatoms. The molecule has 0 bridgehead atoms. The highest BCUT2D eigenvalue weighted by Crippen LogP contribution is 2.09. The van der Waals surface area contributed by atoms with E-state index in [9.17, 15) is 9.59 Å². The van der Waals surface area contributed by atoms with Gasteiger partial charge in [0, 0.05) is 11.3 Å². The van der Waals surface area contributed by atoms with E-state index in [4.69, 9.17) is 0 Å². The van der Waals surface area contributed by atoms with E-state index < -0.39 is 6.04 Å². The van der Waals surface area contributed by atoms with E-state index in [2.05, 4.69) is 10.6 Å². The van der Waals surface area contributed by atoms with E-state index in [0.29, 0.717) is 12.0 Å². The molecule has 2 aromatic rings. The number of amides is 2. The highest BCUT2D eigenvalue weighted by molar-refractivity contribution is 7.98. The smallest absolute Gasteiger partial charge is 0.251 e. The molecule has 120 valence electrons. The number of carbonyl (C=O) groups is 2. The fourth-order valence-electron chi connectivity index (χ4n) is 2.09. The second-order valence-electron chi connectivity index (χ2n) is 5.03. The minimum Gasteiger partial charge on any atom is -0.340 e. The molecule has 0 unspecified atom stereocenters. The Kier molecular flexibility index (Phi) is 6.69. The van der Waals surface area contributed by atoms with Crippen LogP contribution in [0.15, 0.2) is 60.7 Å². The van der Waals surface area contributed by atoms with Crippen molar-refractivity contribution in [2.24, 2.45) is 0 Å². The SMILES string of the molecule is CSCC[C@H](NC(=O)c1ccccc1)C(=O)Nc1ccccc1. The van der Waals surface area contributed by atoms with E-state index in [-0.39, 0.29) is 11.8 Å². The Balaban J connectivity index is 2.04. The average molecular weight is 328 g/mol. The molecule has 0 heterocycles. The van der Waals surface area contributed by atoms with Crippen molar-refractivity contribution in [3.05, 3.63) is 66.2 Å². The zero-order valence-corrected chi connectivity index (χ0v) is 13.8. The van der Waals surface area contributed by atoms with E-state index in [1.54, 1.807) is 36.0 Å². The summed E-state index contributed by atoms with van der Waals surface area (Å²) in [6, 6.07) is 17.6. The standard InChI is InChI=1S/C18H20N2O2S/c1-23-13-12-16(18(22)19-15-10-6-3-7-11-15)20-17(21)14-8-4-2-5-9-14/h2-11,16H,12-13H2,1H3,(H,19,22)(H,20,21)/t16-/m0/s1. The van der Waals surface area contributed by atoms with Crippen LogP contribution in [0.25, 0.3) is 0 Å². The number of thioether (sulfide) groups is 1. The van der Waals surface area contributed by atoms with Gasteiger partial charge in [-0.25, -0.2) is 0 Å². The maximum Gasteiger partial charge on any atom is 0.251 e. The zero-order chi connectivity index (χ0) is 16.5. The Bertz CT molecular complexity index is 632. The maximum absolute atomic E-state index is 12.5. The Morgan fingerprint density at radius 1 is 1.00 bits per heavy atom. The second-order valence-corrected chi connectivity index (χ2v) is 6.01. The predicted molar refractivity (Wildman–Crippen MR) is 95.8 cm³/mol. The fourth-order valence-corrected chi connectivity index (χ4v) is 2.56. The van der Waals surface area contributed by atoms with Crippen LogP contribution in [-0.4, -0.2) is 29.9 Å². The summed E-state index contributed by atoms with van der Waals surface area (Å²) in [6.07, 6.45) is 2.56. The lowest BCUT2D eigenvalue weighted by atomic mass is 10.1. The minimum absolute atomic E-state index is 0.200. The van der Waals surface area contributed by atoms with Gasteiger partial charge in [-0.05, 0) is 42.7 Å². The number of hydrogen-bond acceptors (Lipinski definition) is 3. The molecule has 0 aliphatic heterocycles. The van der Waals surface area contributed by atoms with Crippen molar-refractivity contribution in [1.29, 1.82) is 0 Å². The molecule has 0 aliphatic rings. The van der Waals surface area contributed by atoms with Crippen molar-refractivity contribution in [3.63, 3.8) is 0 Å². The van der Waals surface area contributed by atoms with Gasteiger partial charge < -0.3 is 10.6 Å². The normalized spacial score (nSPS) is 11.5. The van der Waals surface area contributed by atoms with Crippen molar-refractivity contribution in [1.82, 2.24) is 5.32 Å². The molecule has 0 aromatic heterocycles. The van der Waals surface area contributed by atoms with Gasteiger partial charge >= 0.3 is 0 Å². The third kappa shape index (κ3) is 5.45. The summed E-state index contributed by atoms with van der Waals surface area (Å²) in [7, 11) is 0. The van der Waals surface area contributed by atoms with Gasteiger partial charge in [-0.3, -0.25) is 9.59 Å². The number of anilines is 1. The average Bonchev–Trinajstić information content (AvgIpc) is 2.60. The number of rotatable bonds is 7. The molecule has 2 amide bonds. The van der Waals surface area contributed by atoms with Crippen molar-refractivity contribution < 1.29 is 9.59 Å². The molecule has 0 saturated heterocycles. The monoisotopic (exact) mass is 328 g/mol. The lowest BCUT2D eigenvalue weighted by Gasteiger charge is -2.18. The zero-order valence-electron chi connectivity index (χ0n) is 13.0. The van der Waals surface area contributed by atoms with Crippen molar-refractivity contribution in [2.75, 3.05) is 17.3 Å². The van der Waals surface area contributed by atoms with Crippen LogP contribution in [0.5, 0.6) is 0 Å². The van der Waals surface area contributed by atoms with Gasteiger partial charge in [0.05, 0.1) is 0 Å². The largest absolute Gasteiger partial charge is 0.340 e. The summed E-state index contributed by atoms with van der Waals surface area (Å²) < 4.78 is 0. The Morgan fingerprint density at radius 2 is 1.61 bits per heavy atom. The molecule has 23 heavy (non-hydrogen) atoms. The van der Waals surface area contributed by atoms with E-state index in [0.717, 1.165) is 11.4 Å². The van der Waals surface area contributed by atoms with Crippen LogP contribution in [-0.2, 0) is 4.79 Å². The Morgan fingerprint density at radius 3 is 2.22 bits per heavy atom. The fraction of sp³-hybridized carbons (Fsp3) is 0.222. The maximum atomic E-state index is 12.5. The van der Waals surface area contributed by atoms with Crippen LogP contribution >= 0.6 is 11.8 Å². The summed E-state index contributed by atoms with van der Waals surface area (Å²) in [5, 5.41) is 5.67. The van der Waals surface area contributed by atoms with Gasteiger partial charge in [-0.1, -0.05) is 36.4 Å². The predicted octanol–water partition coefficient (Wildman–Crippen LogP) is 3.18. The Labute approximate surface area is 140 Å². The van der Waals surface area contributed by atoms with Gasteiger partial charge in [0.25, 0.3) is 5.91 Å². The van der Waals surface area contributed by atoms with Gasteiger partial charge in [-0.15, -0.1) is 0 Å². The summed E-state index contributed by atoms with van der Waals surface area (Å²) in [6.45, 7) is 0. The summed E-state index contributed by atoms with van der Waals surface area (Å²) in [5.74, 6) is 0.358. The molecule has 2 aromatic carbocycles. The van der Waals surface area contributed by atoms with E-state index in [1.807, 2.05) is 42.7 Å². The van der Waals surface area contributed by atoms with Crippen LogP contribution in [0.2, 0.25) is 0 Å². The van der Waals surface area contributed by atoms with Crippen LogP contribution in [0.4, 0.5) is 5.69 Å². The molecule has 0 radical (unpaired) electrons. The molecule has 2 rings (SSSR count). The van der Waals surface area contributed by atoms with E-state index >= 15 is 0 Å². The van der Waals surface area contributed by atoms with Crippen molar-refractivity contribution in [2.45, 2.75) is 12.5 Å². The van der Waals surface area contributed by atoms with Crippen LogP contribution < -0.4 is 10.6 Å². The lowest BCUT2D eigenvalue weighted by Crippen LogP contribution is -2.44. The molecule has 0 fully saturated rings. The van der Waals surface area contributed by atoms with Gasteiger partial charge in [0.2, 0.25) is 5.91 Å². The molecule has 2 N–H and O–H groups in total. The van der Waals surface area contributed by atoms with Gasteiger partial charge in [-0.2, -0.15) is 11.8 Å². The van der Waals surface area contributed by atoms with Crippen molar-refractivity contribution >= 4 is 29.3 Å². The number of para-hydroxylation sites is 1. The van der Waals surface area contributed by atoms with Gasteiger partial charge in [0.15, 0.2) is 0 Å². The number of benzene rings is 2. The lowest BCUT2D eigenvalue weighted by molar-refractivity contribution is -0.118. The summed E-state index contributed by atoms with van der Waals surface area (Å²) in [5.41, 5.74) is 1.27.